The first-order valence-corrected chi connectivity index (χ1v) is 8.75. The molecular weight excluding hydrogens is 264 g/mol. The molecule has 0 aromatic carbocycles. The molecule has 2 aliphatic heterocycles. The van der Waals surface area contributed by atoms with Crippen molar-refractivity contribution >= 4 is 9.84 Å². The molecule has 0 aliphatic carbocycles. The molecule has 106 valence electrons. The van der Waals surface area contributed by atoms with Crippen molar-refractivity contribution in [2.45, 2.75) is 44.7 Å². The lowest BCUT2D eigenvalue weighted by Crippen LogP contribution is -2.28. The van der Waals surface area contributed by atoms with Gasteiger partial charge in [-0.3, -0.25) is 0 Å². The predicted molar refractivity (Wildman–Crippen MR) is 71.3 cm³/mol. The lowest BCUT2D eigenvalue weighted by molar-refractivity contribution is 0.423. The van der Waals surface area contributed by atoms with Crippen LogP contribution in [0.1, 0.15) is 43.4 Å². The Morgan fingerprint density at radius 2 is 2.11 bits per heavy atom. The van der Waals surface area contributed by atoms with E-state index in [0.717, 1.165) is 43.9 Å². The fraction of sp³-hybridized carbons (Fsp3) is 0.833. The largest absolute Gasteiger partial charge is 0.321 e. The average Bonchev–Trinajstić information content (AvgIpc) is 2.73. The van der Waals surface area contributed by atoms with Crippen LogP contribution < -0.4 is 5.73 Å². The summed E-state index contributed by atoms with van der Waals surface area (Å²) in [5.74, 6) is 2.59. The number of fused-ring (bicyclic) bond motifs is 1. The number of sulfone groups is 1. The Morgan fingerprint density at radius 1 is 1.26 bits per heavy atom. The van der Waals surface area contributed by atoms with E-state index in [9.17, 15) is 8.42 Å². The van der Waals surface area contributed by atoms with Gasteiger partial charge in [-0.1, -0.05) is 0 Å². The van der Waals surface area contributed by atoms with E-state index in [-0.39, 0.29) is 12.0 Å². The normalized spacial score (nSPS) is 29.9. The highest BCUT2D eigenvalue weighted by atomic mass is 32.2. The number of rotatable bonds is 2. The van der Waals surface area contributed by atoms with Crippen LogP contribution in [0.25, 0.3) is 0 Å². The number of nitrogens with two attached hydrogens (primary N) is 1. The van der Waals surface area contributed by atoms with Crippen LogP contribution in [-0.2, 0) is 22.8 Å². The Hall–Kier alpha value is -0.950. The van der Waals surface area contributed by atoms with Crippen LogP contribution in [0.2, 0.25) is 0 Å². The summed E-state index contributed by atoms with van der Waals surface area (Å²) in [5.41, 5.74) is 6.02. The summed E-state index contributed by atoms with van der Waals surface area (Å²) in [6, 6.07) is -0.0231. The van der Waals surface area contributed by atoms with Gasteiger partial charge in [0.15, 0.2) is 9.84 Å². The monoisotopic (exact) mass is 284 g/mol. The summed E-state index contributed by atoms with van der Waals surface area (Å²) in [6.07, 6.45) is 4.44. The van der Waals surface area contributed by atoms with Crippen LogP contribution in [0.4, 0.5) is 0 Å². The minimum absolute atomic E-state index is 0.0231. The highest BCUT2D eigenvalue weighted by Crippen LogP contribution is 2.26. The topological polar surface area (TPSA) is 90.9 Å². The number of nitrogens with zero attached hydrogens (tertiary/aromatic N) is 3. The van der Waals surface area contributed by atoms with Crippen LogP contribution in [0.3, 0.4) is 0 Å². The van der Waals surface area contributed by atoms with Gasteiger partial charge in [-0.15, -0.1) is 10.2 Å². The van der Waals surface area contributed by atoms with E-state index in [1.165, 1.54) is 0 Å². The molecule has 3 rings (SSSR count). The van der Waals surface area contributed by atoms with E-state index in [1.54, 1.807) is 0 Å². The van der Waals surface area contributed by atoms with Gasteiger partial charge >= 0.3 is 0 Å². The molecular formula is C12H20N4O2S. The standard InChI is InChI=1S/C12H20N4O2S/c13-10-4-1-5-16-11(14-15-12(10)16)7-9-3-2-6-19(17,18)8-9/h9-10H,1-8,13H2. The molecule has 0 saturated carbocycles. The lowest BCUT2D eigenvalue weighted by Gasteiger charge is -2.24. The van der Waals surface area contributed by atoms with Crippen molar-refractivity contribution in [1.29, 1.82) is 0 Å². The number of hydrogen-bond donors (Lipinski definition) is 1. The first kappa shape index (κ1) is 13.1. The molecule has 2 unspecified atom stereocenters. The van der Waals surface area contributed by atoms with Gasteiger partial charge in [0, 0.05) is 13.0 Å². The summed E-state index contributed by atoms with van der Waals surface area (Å²) in [4.78, 5) is 0. The van der Waals surface area contributed by atoms with Crippen LogP contribution in [-0.4, -0.2) is 34.7 Å². The summed E-state index contributed by atoms with van der Waals surface area (Å²) < 4.78 is 25.4. The van der Waals surface area contributed by atoms with Gasteiger partial charge < -0.3 is 10.3 Å². The smallest absolute Gasteiger partial charge is 0.150 e. The summed E-state index contributed by atoms with van der Waals surface area (Å²) >= 11 is 0. The molecule has 19 heavy (non-hydrogen) atoms. The molecule has 0 amide bonds. The van der Waals surface area contributed by atoms with Crippen LogP contribution in [0.5, 0.6) is 0 Å². The molecule has 2 N–H and O–H groups in total. The Kier molecular flexibility index (Phi) is 3.34. The molecule has 0 radical (unpaired) electrons. The second kappa shape index (κ2) is 4.86. The molecule has 1 aromatic rings. The molecule has 0 spiro atoms. The van der Waals surface area contributed by atoms with Crippen molar-refractivity contribution in [1.82, 2.24) is 14.8 Å². The van der Waals surface area contributed by atoms with Crippen LogP contribution in [0.15, 0.2) is 0 Å². The second-order valence-corrected chi connectivity index (χ2v) is 7.93. The summed E-state index contributed by atoms with van der Waals surface area (Å²) in [6.45, 7) is 0.908. The molecule has 3 heterocycles. The van der Waals surface area contributed by atoms with Gasteiger partial charge in [0.05, 0.1) is 17.5 Å². The molecule has 2 aliphatic rings. The van der Waals surface area contributed by atoms with Crippen molar-refractivity contribution in [3.8, 4) is 0 Å². The van der Waals surface area contributed by atoms with E-state index < -0.39 is 9.84 Å². The Bertz CT molecular complexity index is 566. The SMILES string of the molecule is NC1CCCn2c(CC3CCCS(=O)(=O)C3)nnc21. The number of aromatic nitrogens is 3. The van der Waals surface area contributed by atoms with Gasteiger partial charge in [-0.2, -0.15) is 0 Å². The Labute approximate surface area is 113 Å². The molecule has 2 atom stereocenters. The first-order valence-electron chi connectivity index (χ1n) is 6.93. The highest BCUT2D eigenvalue weighted by molar-refractivity contribution is 7.91. The zero-order valence-electron chi connectivity index (χ0n) is 11.0. The van der Waals surface area contributed by atoms with Crippen molar-refractivity contribution in [2.24, 2.45) is 11.7 Å². The van der Waals surface area contributed by atoms with E-state index in [2.05, 4.69) is 14.8 Å². The minimum Gasteiger partial charge on any atom is -0.321 e. The third-order valence-corrected chi connectivity index (χ3v) is 6.00. The maximum absolute atomic E-state index is 11.7. The Balaban J connectivity index is 1.77. The zero-order chi connectivity index (χ0) is 13.5. The van der Waals surface area contributed by atoms with Gasteiger partial charge in [0.1, 0.15) is 11.6 Å². The summed E-state index contributed by atoms with van der Waals surface area (Å²) in [5, 5.41) is 8.41. The number of hydrogen-bond acceptors (Lipinski definition) is 5. The molecule has 7 heteroatoms. The van der Waals surface area contributed by atoms with Crippen molar-refractivity contribution in [3.63, 3.8) is 0 Å². The lowest BCUT2D eigenvalue weighted by atomic mass is 10.0. The third-order valence-electron chi connectivity index (χ3n) is 4.11. The van der Waals surface area contributed by atoms with E-state index in [1.807, 2.05) is 0 Å². The minimum atomic E-state index is -2.85. The fourth-order valence-electron chi connectivity index (χ4n) is 3.15. The van der Waals surface area contributed by atoms with Crippen molar-refractivity contribution < 1.29 is 8.42 Å². The first-order chi connectivity index (χ1) is 9.05. The maximum atomic E-state index is 11.7. The predicted octanol–water partition coefficient (Wildman–Crippen LogP) is 0.439. The average molecular weight is 284 g/mol. The second-order valence-electron chi connectivity index (χ2n) is 5.70. The van der Waals surface area contributed by atoms with Crippen LogP contribution >= 0.6 is 0 Å². The Morgan fingerprint density at radius 3 is 2.89 bits per heavy atom. The molecule has 1 fully saturated rings. The molecule has 1 aromatic heterocycles. The third kappa shape index (κ3) is 2.67. The van der Waals surface area contributed by atoms with E-state index in [0.29, 0.717) is 17.9 Å². The maximum Gasteiger partial charge on any atom is 0.150 e. The molecule has 0 bridgehead atoms. The van der Waals surface area contributed by atoms with Crippen molar-refractivity contribution in [2.75, 3.05) is 11.5 Å². The quantitative estimate of drug-likeness (QED) is 0.851. The summed E-state index contributed by atoms with van der Waals surface area (Å²) in [7, 11) is -2.85. The molecule has 1 saturated heterocycles. The fourth-order valence-corrected chi connectivity index (χ4v) is 4.93. The van der Waals surface area contributed by atoms with Crippen LogP contribution in [0, 0.1) is 5.92 Å². The van der Waals surface area contributed by atoms with Gasteiger partial charge in [-0.05, 0) is 31.6 Å². The van der Waals surface area contributed by atoms with E-state index >= 15 is 0 Å². The van der Waals surface area contributed by atoms with Crippen molar-refractivity contribution in [3.05, 3.63) is 11.6 Å². The van der Waals surface area contributed by atoms with Gasteiger partial charge in [0.2, 0.25) is 0 Å². The highest BCUT2D eigenvalue weighted by Gasteiger charge is 2.28. The van der Waals surface area contributed by atoms with Gasteiger partial charge in [-0.25, -0.2) is 8.42 Å². The molecule has 6 nitrogen and oxygen atoms in total. The van der Waals surface area contributed by atoms with E-state index in [4.69, 9.17) is 5.73 Å². The van der Waals surface area contributed by atoms with Gasteiger partial charge in [0.25, 0.3) is 0 Å². The zero-order valence-corrected chi connectivity index (χ0v) is 11.8.